The average Bonchev–Trinajstić information content (AvgIpc) is 2.51. The standard InChI is InChI=1S/C17H24N2O2S/c1-4-22-14(3)17(21)19-10-9-18(16(20)12-19)11-15-7-5-13(2)6-8-15/h5-8,14H,4,9-12H2,1-3H3. The topological polar surface area (TPSA) is 40.6 Å². The number of piperazine rings is 1. The van der Waals surface area contributed by atoms with Crippen molar-refractivity contribution >= 4 is 23.6 Å². The summed E-state index contributed by atoms with van der Waals surface area (Å²) in [5.74, 6) is 1.03. The van der Waals surface area contributed by atoms with E-state index in [2.05, 4.69) is 31.2 Å². The van der Waals surface area contributed by atoms with Crippen LogP contribution in [0, 0.1) is 6.92 Å². The van der Waals surface area contributed by atoms with Crippen LogP contribution in [0.4, 0.5) is 0 Å². The molecule has 0 spiro atoms. The number of amides is 2. The number of nitrogens with zero attached hydrogens (tertiary/aromatic N) is 2. The van der Waals surface area contributed by atoms with E-state index in [1.165, 1.54) is 5.56 Å². The normalized spacial score (nSPS) is 16.8. The Bertz CT molecular complexity index is 530. The minimum atomic E-state index is -0.0681. The fraction of sp³-hybridized carbons (Fsp3) is 0.529. The predicted molar refractivity (Wildman–Crippen MR) is 90.8 cm³/mol. The summed E-state index contributed by atoms with van der Waals surface area (Å²) in [7, 11) is 0. The van der Waals surface area contributed by atoms with E-state index in [1.807, 2.05) is 18.7 Å². The van der Waals surface area contributed by atoms with Crippen LogP contribution in [-0.2, 0) is 16.1 Å². The Morgan fingerprint density at radius 3 is 2.55 bits per heavy atom. The molecule has 4 nitrogen and oxygen atoms in total. The van der Waals surface area contributed by atoms with Crippen LogP contribution in [0.3, 0.4) is 0 Å². The quantitative estimate of drug-likeness (QED) is 0.836. The van der Waals surface area contributed by atoms with Gasteiger partial charge in [-0.2, -0.15) is 0 Å². The second kappa shape index (κ2) is 7.68. The Morgan fingerprint density at radius 1 is 1.27 bits per heavy atom. The third kappa shape index (κ3) is 4.26. The van der Waals surface area contributed by atoms with Gasteiger partial charge in [0, 0.05) is 19.6 Å². The zero-order valence-corrected chi connectivity index (χ0v) is 14.4. The van der Waals surface area contributed by atoms with Gasteiger partial charge in [-0.3, -0.25) is 9.59 Å². The van der Waals surface area contributed by atoms with E-state index in [9.17, 15) is 9.59 Å². The van der Waals surface area contributed by atoms with Gasteiger partial charge < -0.3 is 9.80 Å². The molecule has 1 aromatic rings. The Hall–Kier alpha value is -1.49. The van der Waals surface area contributed by atoms with Gasteiger partial charge in [-0.05, 0) is 25.2 Å². The summed E-state index contributed by atoms with van der Waals surface area (Å²) in [5, 5.41) is -0.0681. The van der Waals surface area contributed by atoms with Crippen LogP contribution in [0.25, 0.3) is 0 Å². The van der Waals surface area contributed by atoms with Crippen molar-refractivity contribution in [3.8, 4) is 0 Å². The molecule has 0 saturated carbocycles. The molecule has 0 N–H and O–H groups in total. The highest BCUT2D eigenvalue weighted by Crippen LogP contribution is 2.16. The molecule has 2 amide bonds. The molecule has 22 heavy (non-hydrogen) atoms. The van der Waals surface area contributed by atoms with Gasteiger partial charge in [0.15, 0.2) is 0 Å². The average molecular weight is 320 g/mol. The Morgan fingerprint density at radius 2 is 1.95 bits per heavy atom. The molecule has 1 atom stereocenters. The molecule has 1 aliphatic heterocycles. The molecule has 5 heteroatoms. The highest BCUT2D eigenvalue weighted by Gasteiger charge is 2.29. The number of hydrogen-bond donors (Lipinski definition) is 0. The largest absolute Gasteiger partial charge is 0.335 e. The Balaban J connectivity index is 1.91. The number of thioether (sulfide) groups is 1. The van der Waals surface area contributed by atoms with Crippen LogP contribution >= 0.6 is 11.8 Å². The van der Waals surface area contributed by atoms with Crippen LogP contribution < -0.4 is 0 Å². The van der Waals surface area contributed by atoms with E-state index in [0.29, 0.717) is 19.6 Å². The van der Waals surface area contributed by atoms with Crippen LogP contribution in [0.2, 0.25) is 0 Å². The molecule has 1 unspecified atom stereocenters. The molecular formula is C17H24N2O2S. The van der Waals surface area contributed by atoms with Crippen molar-refractivity contribution in [3.05, 3.63) is 35.4 Å². The van der Waals surface area contributed by atoms with Crippen molar-refractivity contribution in [2.45, 2.75) is 32.6 Å². The van der Waals surface area contributed by atoms with Crippen molar-refractivity contribution < 1.29 is 9.59 Å². The lowest BCUT2D eigenvalue weighted by molar-refractivity contribution is -0.145. The van der Waals surface area contributed by atoms with E-state index in [0.717, 1.165) is 11.3 Å². The lowest BCUT2D eigenvalue weighted by Crippen LogP contribution is -2.53. The molecular weight excluding hydrogens is 296 g/mol. The zero-order valence-electron chi connectivity index (χ0n) is 13.5. The fourth-order valence-corrected chi connectivity index (χ4v) is 3.35. The number of carbonyl (C=O) groups is 2. The molecule has 0 aromatic heterocycles. The summed E-state index contributed by atoms with van der Waals surface area (Å²) in [6.45, 7) is 8.08. The summed E-state index contributed by atoms with van der Waals surface area (Å²) < 4.78 is 0. The van der Waals surface area contributed by atoms with Crippen LogP contribution in [0.15, 0.2) is 24.3 Å². The van der Waals surface area contributed by atoms with Gasteiger partial charge in [0.05, 0.1) is 11.8 Å². The smallest absolute Gasteiger partial charge is 0.242 e. The highest BCUT2D eigenvalue weighted by atomic mass is 32.2. The van der Waals surface area contributed by atoms with Gasteiger partial charge in [-0.25, -0.2) is 0 Å². The highest BCUT2D eigenvalue weighted by molar-refractivity contribution is 8.00. The maximum Gasteiger partial charge on any atom is 0.242 e. The first-order chi connectivity index (χ1) is 10.5. The van der Waals surface area contributed by atoms with E-state index >= 15 is 0 Å². The molecule has 1 saturated heterocycles. The van der Waals surface area contributed by atoms with Crippen molar-refractivity contribution in [1.29, 1.82) is 0 Å². The van der Waals surface area contributed by atoms with Gasteiger partial charge >= 0.3 is 0 Å². The molecule has 1 fully saturated rings. The van der Waals surface area contributed by atoms with Gasteiger partial charge in [-0.1, -0.05) is 36.8 Å². The first kappa shape index (κ1) is 16.9. The summed E-state index contributed by atoms with van der Waals surface area (Å²) in [4.78, 5) is 28.1. The summed E-state index contributed by atoms with van der Waals surface area (Å²) in [6, 6.07) is 8.23. The number of benzene rings is 1. The molecule has 0 radical (unpaired) electrons. The number of rotatable bonds is 5. The van der Waals surface area contributed by atoms with Gasteiger partial charge in [0.25, 0.3) is 0 Å². The molecule has 1 heterocycles. The van der Waals surface area contributed by atoms with Crippen molar-refractivity contribution in [1.82, 2.24) is 9.80 Å². The van der Waals surface area contributed by atoms with E-state index in [1.54, 1.807) is 16.7 Å². The first-order valence-electron chi connectivity index (χ1n) is 7.75. The van der Waals surface area contributed by atoms with Crippen molar-refractivity contribution in [2.24, 2.45) is 0 Å². The third-order valence-electron chi connectivity index (χ3n) is 3.89. The second-order valence-corrected chi connectivity index (χ2v) is 7.28. The lowest BCUT2D eigenvalue weighted by atomic mass is 10.1. The van der Waals surface area contributed by atoms with Crippen LogP contribution in [-0.4, -0.2) is 52.3 Å². The first-order valence-corrected chi connectivity index (χ1v) is 8.80. The second-order valence-electron chi connectivity index (χ2n) is 5.66. The third-order valence-corrected chi connectivity index (χ3v) is 4.92. The molecule has 1 aliphatic rings. The molecule has 1 aromatic carbocycles. The molecule has 2 rings (SSSR count). The van der Waals surface area contributed by atoms with Crippen LogP contribution in [0.5, 0.6) is 0 Å². The van der Waals surface area contributed by atoms with Crippen molar-refractivity contribution in [3.63, 3.8) is 0 Å². The number of carbonyl (C=O) groups excluding carboxylic acids is 2. The molecule has 0 bridgehead atoms. The zero-order chi connectivity index (χ0) is 16.1. The predicted octanol–water partition coefficient (Wildman–Crippen LogP) is 2.31. The molecule has 0 aliphatic carbocycles. The van der Waals surface area contributed by atoms with E-state index in [-0.39, 0.29) is 23.6 Å². The Labute approximate surface area is 136 Å². The van der Waals surface area contributed by atoms with E-state index < -0.39 is 0 Å². The maximum atomic E-state index is 12.3. The van der Waals surface area contributed by atoms with E-state index in [4.69, 9.17) is 0 Å². The Kier molecular flexibility index (Phi) is 5.89. The summed E-state index contributed by atoms with van der Waals surface area (Å²) >= 11 is 1.62. The summed E-state index contributed by atoms with van der Waals surface area (Å²) in [5.41, 5.74) is 2.35. The number of hydrogen-bond acceptors (Lipinski definition) is 3. The minimum Gasteiger partial charge on any atom is -0.335 e. The van der Waals surface area contributed by atoms with Crippen LogP contribution in [0.1, 0.15) is 25.0 Å². The SMILES string of the molecule is CCSC(C)C(=O)N1CCN(Cc2ccc(C)cc2)C(=O)C1. The fourth-order valence-electron chi connectivity index (χ4n) is 2.56. The van der Waals surface area contributed by atoms with Gasteiger partial charge in [0.1, 0.15) is 0 Å². The van der Waals surface area contributed by atoms with Gasteiger partial charge in [-0.15, -0.1) is 11.8 Å². The molecule has 120 valence electrons. The van der Waals surface area contributed by atoms with Gasteiger partial charge in [0.2, 0.25) is 11.8 Å². The van der Waals surface area contributed by atoms with Crippen molar-refractivity contribution in [2.75, 3.05) is 25.4 Å². The number of aryl methyl sites for hydroxylation is 1. The lowest BCUT2D eigenvalue weighted by Gasteiger charge is -2.35. The summed E-state index contributed by atoms with van der Waals surface area (Å²) in [6.07, 6.45) is 0. The minimum absolute atomic E-state index is 0.0360. The maximum absolute atomic E-state index is 12.3. The monoisotopic (exact) mass is 320 g/mol.